The van der Waals surface area contributed by atoms with E-state index in [2.05, 4.69) is 10.3 Å². The fourth-order valence-electron chi connectivity index (χ4n) is 3.89. The van der Waals surface area contributed by atoms with Crippen LogP contribution in [-0.2, 0) is 24.8 Å². The van der Waals surface area contributed by atoms with Gasteiger partial charge in [0.05, 0.1) is 11.4 Å². The first-order valence-corrected chi connectivity index (χ1v) is 13.1. The second-order valence-corrected chi connectivity index (χ2v) is 11.6. The molecule has 3 heterocycles. The van der Waals surface area contributed by atoms with Crippen LogP contribution in [0.4, 0.5) is 11.4 Å². The summed E-state index contributed by atoms with van der Waals surface area (Å²) < 4.78 is 52.2. The van der Waals surface area contributed by atoms with E-state index in [0.717, 1.165) is 0 Å². The van der Waals surface area contributed by atoms with Crippen LogP contribution in [-0.4, -0.2) is 57.4 Å². The molecule has 2 saturated heterocycles. The van der Waals surface area contributed by atoms with Gasteiger partial charge in [0, 0.05) is 43.6 Å². The van der Waals surface area contributed by atoms with Crippen molar-refractivity contribution in [1.82, 2.24) is 9.29 Å². The first kappa shape index (κ1) is 21.7. The van der Waals surface area contributed by atoms with Gasteiger partial charge in [-0.05, 0) is 55.7 Å². The van der Waals surface area contributed by atoms with E-state index in [9.17, 15) is 21.6 Å². The number of anilines is 2. The van der Waals surface area contributed by atoms with E-state index in [1.165, 1.54) is 27.1 Å². The molecule has 1 amide bonds. The number of amides is 1. The van der Waals surface area contributed by atoms with Crippen LogP contribution in [0.3, 0.4) is 0 Å². The summed E-state index contributed by atoms with van der Waals surface area (Å²) in [6, 6.07) is 9.82. The van der Waals surface area contributed by atoms with Gasteiger partial charge in [0.2, 0.25) is 26.0 Å². The molecule has 0 atom stereocenters. The first-order chi connectivity index (χ1) is 14.8. The minimum atomic E-state index is -3.61. The lowest BCUT2D eigenvalue weighted by molar-refractivity contribution is -0.120. The zero-order chi connectivity index (χ0) is 22.1. The predicted molar refractivity (Wildman–Crippen MR) is 117 cm³/mol. The highest BCUT2D eigenvalue weighted by Crippen LogP contribution is 2.27. The molecule has 2 fully saturated rings. The fraction of sp³-hybridized carbons (Fsp3) is 0.400. The number of pyridine rings is 1. The minimum Gasteiger partial charge on any atom is -0.326 e. The molecule has 0 aliphatic carbocycles. The van der Waals surface area contributed by atoms with E-state index >= 15 is 0 Å². The molecule has 2 aliphatic heterocycles. The topological polar surface area (TPSA) is 117 Å². The highest BCUT2D eigenvalue weighted by molar-refractivity contribution is 7.93. The van der Waals surface area contributed by atoms with Gasteiger partial charge in [0.15, 0.2) is 0 Å². The number of nitrogens with zero attached hydrogens (tertiary/aromatic N) is 3. The van der Waals surface area contributed by atoms with Crippen molar-refractivity contribution in [3.05, 3.63) is 48.8 Å². The average molecular weight is 465 g/mol. The van der Waals surface area contributed by atoms with Crippen LogP contribution in [0, 0.1) is 5.92 Å². The van der Waals surface area contributed by atoms with Gasteiger partial charge in [-0.3, -0.25) is 14.1 Å². The summed E-state index contributed by atoms with van der Waals surface area (Å²) in [5.74, 6) is -0.306. The molecular formula is C20H24N4O5S2. The van der Waals surface area contributed by atoms with Crippen LogP contribution >= 0.6 is 0 Å². The van der Waals surface area contributed by atoms with Crippen LogP contribution < -0.4 is 9.62 Å². The Labute approximate surface area is 182 Å². The molecule has 0 unspecified atom stereocenters. The van der Waals surface area contributed by atoms with Gasteiger partial charge in [0.25, 0.3) is 0 Å². The molecule has 4 rings (SSSR count). The SMILES string of the molecule is O=C(Nc1ccc(N2CCCS2(=O)=O)cc1)C1CCN(S(=O)(=O)c2cccnc2)CC1. The smallest absolute Gasteiger partial charge is 0.244 e. The molecule has 0 spiro atoms. The van der Waals surface area contributed by atoms with Crippen molar-refractivity contribution in [1.29, 1.82) is 0 Å². The van der Waals surface area contributed by atoms with Gasteiger partial charge >= 0.3 is 0 Å². The predicted octanol–water partition coefficient (Wildman–Crippen LogP) is 1.66. The number of aromatic nitrogens is 1. The molecule has 0 bridgehead atoms. The summed E-state index contributed by atoms with van der Waals surface area (Å²) in [6.07, 6.45) is 4.30. The number of piperidine rings is 1. The number of sulfonamides is 2. The largest absolute Gasteiger partial charge is 0.326 e. The van der Waals surface area contributed by atoms with Crippen LogP contribution in [0.15, 0.2) is 53.7 Å². The van der Waals surface area contributed by atoms with Gasteiger partial charge in [-0.25, -0.2) is 16.8 Å². The monoisotopic (exact) mass is 464 g/mol. The molecule has 1 aromatic heterocycles. The Kier molecular flexibility index (Phi) is 6.00. The third kappa shape index (κ3) is 4.58. The minimum absolute atomic E-state index is 0.151. The molecule has 31 heavy (non-hydrogen) atoms. The zero-order valence-electron chi connectivity index (χ0n) is 16.8. The molecule has 11 heteroatoms. The second kappa shape index (κ2) is 8.56. The molecule has 2 aliphatic rings. The highest BCUT2D eigenvalue weighted by atomic mass is 32.2. The van der Waals surface area contributed by atoms with Gasteiger partial charge in [-0.1, -0.05) is 0 Å². The van der Waals surface area contributed by atoms with Crippen LogP contribution in [0.1, 0.15) is 19.3 Å². The summed E-state index contributed by atoms with van der Waals surface area (Å²) in [6.45, 7) is 0.997. The Morgan fingerprint density at radius 3 is 2.35 bits per heavy atom. The lowest BCUT2D eigenvalue weighted by Gasteiger charge is -2.30. The van der Waals surface area contributed by atoms with Crippen molar-refractivity contribution in [2.45, 2.75) is 24.2 Å². The molecule has 1 aromatic carbocycles. The van der Waals surface area contributed by atoms with Crippen LogP contribution in [0.5, 0.6) is 0 Å². The summed E-state index contributed by atoms with van der Waals surface area (Å²) in [5.41, 5.74) is 1.17. The van der Waals surface area contributed by atoms with E-state index in [0.29, 0.717) is 37.2 Å². The maximum absolute atomic E-state index is 12.7. The zero-order valence-corrected chi connectivity index (χ0v) is 18.5. The van der Waals surface area contributed by atoms with Crippen molar-refractivity contribution in [3.8, 4) is 0 Å². The Morgan fingerprint density at radius 2 is 1.77 bits per heavy atom. The number of hydrogen-bond acceptors (Lipinski definition) is 6. The summed E-state index contributed by atoms with van der Waals surface area (Å²) in [7, 11) is -6.85. The van der Waals surface area contributed by atoms with Gasteiger partial charge < -0.3 is 5.32 Å². The number of benzene rings is 1. The van der Waals surface area contributed by atoms with Gasteiger partial charge in [0.1, 0.15) is 4.90 Å². The number of hydrogen-bond donors (Lipinski definition) is 1. The van der Waals surface area contributed by atoms with Crippen LogP contribution in [0.25, 0.3) is 0 Å². The summed E-state index contributed by atoms with van der Waals surface area (Å²) in [4.78, 5) is 16.7. The molecular weight excluding hydrogens is 440 g/mol. The molecule has 0 radical (unpaired) electrons. The van der Waals surface area contributed by atoms with Crippen molar-refractivity contribution in [2.24, 2.45) is 5.92 Å². The number of carbonyl (C=O) groups is 1. The molecule has 2 aromatic rings. The van der Waals surface area contributed by atoms with E-state index < -0.39 is 20.0 Å². The molecule has 9 nitrogen and oxygen atoms in total. The van der Waals surface area contributed by atoms with E-state index in [1.807, 2.05) is 0 Å². The average Bonchev–Trinajstić information content (AvgIpc) is 3.14. The maximum Gasteiger partial charge on any atom is 0.244 e. The highest BCUT2D eigenvalue weighted by Gasteiger charge is 2.32. The van der Waals surface area contributed by atoms with E-state index in [4.69, 9.17) is 0 Å². The fourth-order valence-corrected chi connectivity index (χ4v) is 6.89. The molecule has 1 N–H and O–H groups in total. The van der Waals surface area contributed by atoms with Crippen molar-refractivity contribution >= 4 is 37.3 Å². The second-order valence-electron chi connectivity index (χ2n) is 7.64. The maximum atomic E-state index is 12.7. The molecule has 166 valence electrons. The Hall–Kier alpha value is -2.50. The lowest BCUT2D eigenvalue weighted by Crippen LogP contribution is -2.41. The third-order valence-electron chi connectivity index (χ3n) is 5.62. The van der Waals surface area contributed by atoms with Gasteiger partial charge in [-0.15, -0.1) is 0 Å². The Balaban J connectivity index is 1.34. The van der Waals surface area contributed by atoms with Crippen molar-refractivity contribution < 1.29 is 21.6 Å². The van der Waals surface area contributed by atoms with E-state index in [-0.39, 0.29) is 35.6 Å². The van der Waals surface area contributed by atoms with Crippen LogP contribution in [0.2, 0.25) is 0 Å². The van der Waals surface area contributed by atoms with Gasteiger partial charge in [-0.2, -0.15) is 4.31 Å². The van der Waals surface area contributed by atoms with E-state index in [1.54, 1.807) is 30.3 Å². The number of carbonyl (C=O) groups excluding carboxylic acids is 1. The third-order valence-corrected chi connectivity index (χ3v) is 9.37. The van der Waals surface area contributed by atoms with Crippen molar-refractivity contribution in [2.75, 3.05) is 35.0 Å². The Morgan fingerprint density at radius 1 is 1.06 bits per heavy atom. The molecule has 0 saturated carbocycles. The quantitative estimate of drug-likeness (QED) is 0.719. The number of nitrogens with one attached hydrogen (secondary N) is 1. The summed E-state index contributed by atoms with van der Waals surface area (Å²) >= 11 is 0. The first-order valence-electron chi connectivity index (χ1n) is 10.1. The summed E-state index contributed by atoms with van der Waals surface area (Å²) in [5, 5.41) is 2.85. The normalized spacial score (nSPS) is 19.9. The standard InChI is InChI=1S/C20H24N4O5S2/c25-20(22-17-4-6-18(7-5-17)24-11-2-14-30(24,26)27)16-8-12-23(13-9-16)31(28,29)19-3-1-10-21-15-19/h1,3-7,10,15-16H,2,8-9,11-14H2,(H,22,25). The lowest BCUT2D eigenvalue weighted by atomic mass is 9.97. The number of rotatable bonds is 5. The Bertz CT molecular complexity index is 1140. The van der Waals surface area contributed by atoms with Crippen molar-refractivity contribution in [3.63, 3.8) is 0 Å².